The summed E-state index contributed by atoms with van der Waals surface area (Å²) in [5.74, 6) is 0.633. The van der Waals surface area contributed by atoms with Gasteiger partial charge in [-0.15, -0.1) is 0 Å². The molecule has 1 unspecified atom stereocenters. The summed E-state index contributed by atoms with van der Waals surface area (Å²) in [5, 5.41) is 10.1. The Kier molecular flexibility index (Phi) is 6.82. The van der Waals surface area contributed by atoms with E-state index in [1.165, 1.54) is 4.90 Å². The molecule has 2 saturated heterocycles. The van der Waals surface area contributed by atoms with E-state index in [0.717, 1.165) is 32.1 Å². The highest BCUT2D eigenvalue weighted by molar-refractivity contribution is 5.93. The number of imidazole rings is 1. The molecule has 1 atom stereocenters. The summed E-state index contributed by atoms with van der Waals surface area (Å²) in [4.78, 5) is 35.6. The number of carbonyl (C=O) groups is 2. The molecule has 3 aliphatic heterocycles. The van der Waals surface area contributed by atoms with E-state index in [-0.39, 0.29) is 19.0 Å². The zero-order valence-corrected chi connectivity index (χ0v) is 20.5. The molecule has 12 heteroatoms. The van der Waals surface area contributed by atoms with Gasteiger partial charge in [0.05, 0.1) is 12.1 Å². The number of aliphatic hydroxyl groups is 1. The first-order valence-corrected chi connectivity index (χ1v) is 12.1. The average molecular weight is 502 g/mol. The van der Waals surface area contributed by atoms with Crippen LogP contribution in [0.15, 0.2) is 6.20 Å². The van der Waals surface area contributed by atoms with Crippen molar-refractivity contribution in [2.45, 2.75) is 83.0 Å². The van der Waals surface area contributed by atoms with Crippen molar-refractivity contribution in [2.75, 3.05) is 32.7 Å². The average Bonchev–Trinajstić information content (AvgIpc) is 3.36. The molecule has 4 heterocycles. The van der Waals surface area contributed by atoms with Gasteiger partial charge in [0, 0.05) is 51.0 Å². The number of alkyl halides is 3. The maximum absolute atomic E-state index is 13.5. The highest BCUT2D eigenvalue weighted by atomic mass is 19.4. The molecule has 35 heavy (non-hydrogen) atoms. The van der Waals surface area contributed by atoms with Crippen LogP contribution in [0.4, 0.5) is 18.0 Å². The van der Waals surface area contributed by atoms with Gasteiger partial charge in [-0.25, -0.2) is 9.78 Å². The van der Waals surface area contributed by atoms with E-state index < -0.39 is 29.5 Å². The predicted molar refractivity (Wildman–Crippen MR) is 120 cm³/mol. The first kappa shape index (κ1) is 25.7. The van der Waals surface area contributed by atoms with Crippen molar-refractivity contribution in [3.63, 3.8) is 0 Å². The number of aromatic nitrogens is 2. The highest BCUT2D eigenvalue weighted by Crippen LogP contribution is 2.39. The molecular weight excluding hydrogens is 467 g/mol. The number of amides is 2. The monoisotopic (exact) mass is 501 g/mol. The van der Waals surface area contributed by atoms with Crippen LogP contribution in [0, 0.1) is 0 Å². The Morgan fingerprint density at radius 3 is 2.46 bits per heavy atom. The van der Waals surface area contributed by atoms with Crippen molar-refractivity contribution in [1.29, 1.82) is 0 Å². The van der Waals surface area contributed by atoms with E-state index in [0.29, 0.717) is 44.7 Å². The maximum Gasteiger partial charge on any atom is 0.425 e. The fraction of sp³-hybridized carbons (Fsp3) is 0.783. The number of β-amino-alcohol motifs (C(OH)–C–C–N with tert-alkyl or cyclic N) is 1. The molecule has 9 nitrogen and oxygen atoms in total. The lowest BCUT2D eigenvalue weighted by atomic mass is 9.85. The van der Waals surface area contributed by atoms with E-state index in [4.69, 9.17) is 0 Å². The van der Waals surface area contributed by atoms with Gasteiger partial charge >= 0.3 is 12.3 Å². The normalized spacial score (nSPS) is 21.8. The lowest BCUT2D eigenvalue weighted by Crippen LogP contribution is -2.55. The Morgan fingerprint density at radius 2 is 1.83 bits per heavy atom. The lowest BCUT2D eigenvalue weighted by molar-refractivity contribution is -0.200. The minimum atomic E-state index is -4.60. The van der Waals surface area contributed by atoms with Gasteiger partial charge in [-0.3, -0.25) is 9.69 Å². The zero-order chi connectivity index (χ0) is 25.6. The third kappa shape index (κ3) is 5.58. The molecule has 0 bridgehead atoms. The molecule has 196 valence electrons. The van der Waals surface area contributed by atoms with Crippen LogP contribution in [0.1, 0.15) is 62.8 Å². The number of ether oxygens (including phenoxy) is 1. The number of carbonyl (C=O) groups excluding carboxylic acids is 2. The van der Waals surface area contributed by atoms with Crippen LogP contribution in [0.5, 0.6) is 0 Å². The Hall–Kier alpha value is -2.34. The van der Waals surface area contributed by atoms with Crippen LogP contribution in [0.2, 0.25) is 0 Å². The van der Waals surface area contributed by atoms with Crippen LogP contribution in [-0.2, 0) is 17.8 Å². The zero-order valence-electron chi connectivity index (χ0n) is 20.5. The lowest BCUT2D eigenvalue weighted by Gasteiger charge is -2.44. The molecule has 1 aromatic heterocycles. The molecule has 0 saturated carbocycles. The second-order valence-corrected chi connectivity index (χ2v) is 10.6. The molecule has 0 aromatic carbocycles. The first-order valence-electron chi connectivity index (χ1n) is 12.1. The summed E-state index contributed by atoms with van der Waals surface area (Å²) in [5.41, 5.74) is -0.866. The largest absolute Gasteiger partial charge is 0.437 e. The van der Waals surface area contributed by atoms with Crippen molar-refractivity contribution in [3.8, 4) is 0 Å². The van der Waals surface area contributed by atoms with Gasteiger partial charge < -0.3 is 24.2 Å². The van der Waals surface area contributed by atoms with Crippen molar-refractivity contribution < 1.29 is 32.6 Å². The topological polar surface area (TPSA) is 91.1 Å². The van der Waals surface area contributed by atoms with Crippen molar-refractivity contribution >= 4 is 12.0 Å². The molecule has 1 aromatic rings. The molecule has 1 spiro atoms. The third-order valence-corrected chi connectivity index (χ3v) is 7.24. The third-order valence-electron chi connectivity index (χ3n) is 7.24. The molecule has 4 rings (SSSR count). The van der Waals surface area contributed by atoms with Crippen LogP contribution in [0.25, 0.3) is 0 Å². The second kappa shape index (κ2) is 9.27. The Labute approximate surface area is 202 Å². The number of nitrogens with zero attached hydrogens (tertiary/aromatic N) is 5. The Morgan fingerprint density at radius 1 is 1.14 bits per heavy atom. The Bertz CT molecular complexity index is 950. The van der Waals surface area contributed by atoms with E-state index in [9.17, 15) is 27.9 Å². The Balaban J connectivity index is 1.39. The SMILES string of the molecule is CC(OC(=O)N1CCC2(CCCN2C(=O)c2cn3c(n2)CN(CC(C)(C)O)CC3)CC1)C(F)(F)F. The highest BCUT2D eigenvalue weighted by Gasteiger charge is 2.48. The molecule has 0 radical (unpaired) electrons. The molecule has 0 aliphatic carbocycles. The van der Waals surface area contributed by atoms with Gasteiger partial charge in [0.2, 0.25) is 0 Å². The summed E-state index contributed by atoms with van der Waals surface area (Å²) in [7, 11) is 0. The van der Waals surface area contributed by atoms with E-state index in [1.807, 2.05) is 9.47 Å². The van der Waals surface area contributed by atoms with Crippen molar-refractivity contribution in [3.05, 3.63) is 17.7 Å². The van der Waals surface area contributed by atoms with Gasteiger partial charge in [-0.2, -0.15) is 13.2 Å². The van der Waals surface area contributed by atoms with Gasteiger partial charge in [-0.1, -0.05) is 0 Å². The summed E-state index contributed by atoms with van der Waals surface area (Å²) >= 11 is 0. The van der Waals surface area contributed by atoms with Gasteiger partial charge in [0.15, 0.2) is 6.10 Å². The molecule has 2 fully saturated rings. The van der Waals surface area contributed by atoms with Crippen LogP contribution in [-0.4, -0.2) is 97.5 Å². The van der Waals surface area contributed by atoms with E-state index >= 15 is 0 Å². The fourth-order valence-corrected chi connectivity index (χ4v) is 5.40. The fourth-order valence-electron chi connectivity index (χ4n) is 5.40. The van der Waals surface area contributed by atoms with Gasteiger partial charge in [-0.05, 0) is 46.5 Å². The standard InChI is InChI=1S/C23H34F3N5O4/c1-16(23(24,25)26)35-20(33)29-9-6-22(7-10-29)5-4-8-31(22)19(32)17-13-30-12-11-28(14-18(30)27-17)15-21(2,3)34/h13,16,34H,4-12,14-15H2,1-3H3. The van der Waals surface area contributed by atoms with Gasteiger partial charge in [0.25, 0.3) is 5.91 Å². The number of halogens is 3. The summed E-state index contributed by atoms with van der Waals surface area (Å²) in [6.07, 6.45) is -3.36. The molecule has 2 amide bonds. The summed E-state index contributed by atoms with van der Waals surface area (Å²) in [6.45, 7) is 7.90. The van der Waals surface area contributed by atoms with Crippen LogP contribution in [0.3, 0.4) is 0 Å². The summed E-state index contributed by atoms with van der Waals surface area (Å²) in [6, 6.07) is 0. The molecular formula is C23H34F3N5O4. The maximum atomic E-state index is 13.5. The number of rotatable bonds is 4. The molecule has 1 N–H and O–H groups in total. The number of likely N-dealkylation sites (tertiary alicyclic amines) is 2. The van der Waals surface area contributed by atoms with Gasteiger partial charge in [0.1, 0.15) is 11.5 Å². The summed E-state index contributed by atoms with van der Waals surface area (Å²) < 4.78 is 44.8. The van der Waals surface area contributed by atoms with E-state index in [2.05, 4.69) is 14.6 Å². The van der Waals surface area contributed by atoms with E-state index in [1.54, 1.807) is 20.0 Å². The van der Waals surface area contributed by atoms with Crippen LogP contribution >= 0.6 is 0 Å². The number of hydrogen-bond donors (Lipinski definition) is 1. The van der Waals surface area contributed by atoms with Crippen molar-refractivity contribution in [2.24, 2.45) is 0 Å². The smallest absolute Gasteiger partial charge is 0.425 e. The minimum Gasteiger partial charge on any atom is -0.437 e. The number of fused-ring (bicyclic) bond motifs is 1. The number of hydrogen-bond acceptors (Lipinski definition) is 6. The predicted octanol–water partition coefficient (Wildman–Crippen LogP) is 2.63. The van der Waals surface area contributed by atoms with Crippen LogP contribution < -0.4 is 0 Å². The molecule has 3 aliphatic rings. The number of piperidine rings is 1. The first-order chi connectivity index (χ1) is 16.3. The minimum absolute atomic E-state index is 0.153. The quantitative estimate of drug-likeness (QED) is 0.682. The van der Waals surface area contributed by atoms with Crippen molar-refractivity contribution in [1.82, 2.24) is 24.3 Å². The second-order valence-electron chi connectivity index (χ2n) is 10.6.